The fourth-order valence-corrected chi connectivity index (χ4v) is 4.00. The summed E-state index contributed by atoms with van der Waals surface area (Å²) in [6.45, 7) is 5.87. The number of aliphatic carboxylic acids is 1. The first-order chi connectivity index (χ1) is 10.3. The number of nitrogens with zero attached hydrogens (tertiary/aromatic N) is 1. The maximum Gasteiger partial charge on any atom is 0.327 e. The number of para-hydroxylation sites is 1. The molecule has 0 spiro atoms. The summed E-state index contributed by atoms with van der Waals surface area (Å²) in [5.74, 6) is -0.246. The Balaban J connectivity index is 2.10. The largest absolute Gasteiger partial charge is 0.484 e. The van der Waals surface area contributed by atoms with Crippen LogP contribution in [0.2, 0.25) is 0 Å². The molecule has 1 aliphatic rings. The molecular weight excluding hydrogens is 302 g/mol. The number of benzene rings is 1. The molecule has 5 nitrogen and oxygen atoms in total. The normalized spacial score (nSPS) is 21.7. The van der Waals surface area contributed by atoms with Crippen molar-refractivity contribution >= 4 is 23.6 Å². The highest BCUT2D eigenvalue weighted by atomic mass is 32.2. The van der Waals surface area contributed by atoms with Gasteiger partial charge < -0.3 is 14.7 Å². The number of ether oxygens (including phenoxy) is 1. The highest BCUT2D eigenvalue weighted by Crippen LogP contribution is 2.40. The van der Waals surface area contributed by atoms with Gasteiger partial charge in [-0.3, -0.25) is 4.79 Å². The van der Waals surface area contributed by atoms with Crippen molar-refractivity contribution in [3.63, 3.8) is 0 Å². The second-order valence-electron chi connectivity index (χ2n) is 6.31. The van der Waals surface area contributed by atoms with E-state index in [4.69, 9.17) is 4.74 Å². The van der Waals surface area contributed by atoms with E-state index >= 15 is 0 Å². The Morgan fingerprint density at radius 3 is 2.50 bits per heavy atom. The summed E-state index contributed by atoms with van der Waals surface area (Å²) in [6.07, 6.45) is 0. The molecule has 2 unspecified atom stereocenters. The minimum Gasteiger partial charge on any atom is -0.484 e. The number of hydrogen-bond acceptors (Lipinski definition) is 4. The quantitative estimate of drug-likeness (QED) is 0.922. The number of rotatable bonds is 4. The lowest BCUT2D eigenvalue weighted by atomic mass is 9.94. The molecule has 6 heteroatoms. The Hall–Kier alpha value is -1.69. The van der Waals surface area contributed by atoms with Crippen LogP contribution in [-0.2, 0) is 9.59 Å². The molecule has 1 N–H and O–H groups in total. The van der Waals surface area contributed by atoms with Crippen molar-refractivity contribution < 1.29 is 19.4 Å². The third-order valence-electron chi connectivity index (χ3n) is 3.42. The number of carbonyl (C=O) groups excluding carboxylic acids is 1. The number of thioether (sulfide) groups is 1. The molecule has 1 fully saturated rings. The molecule has 1 saturated heterocycles. The average molecular weight is 323 g/mol. The molecule has 1 aromatic rings. The zero-order chi connectivity index (χ0) is 16.3. The van der Waals surface area contributed by atoms with E-state index in [2.05, 4.69) is 0 Å². The van der Waals surface area contributed by atoms with Crippen LogP contribution in [-0.4, -0.2) is 45.7 Å². The Morgan fingerprint density at radius 1 is 1.32 bits per heavy atom. The van der Waals surface area contributed by atoms with Gasteiger partial charge in [-0.25, -0.2) is 4.79 Å². The van der Waals surface area contributed by atoms with E-state index in [-0.39, 0.29) is 23.3 Å². The third kappa shape index (κ3) is 3.74. The van der Waals surface area contributed by atoms with Crippen molar-refractivity contribution in [1.82, 2.24) is 4.90 Å². The summed E-state index contributed by atoms with van der Waals surface area (Å²) in [5, 5.41) is 9.19. The lowest BCUT2D eigenvalue weighted by Gasteiger charge is -2.35. The maximum atomic E-state index is 12.5. The lowest BCUT2D eigenvalue weighted by Crippen LogP contribution is -2.51. The highest BCUT2D eigenvalue weighted by Gasteiger charge is 2.46. The van der Waals surface area contributed by atoms with Crippen LogP contribution in [0, 0.1) is 5.41 Å². The Bertz CT molecular complexity index is 541. The zero-order valence-electron chi connectivity index (χ0n) is 13.0. The van der Waals surface area contributed by atoms with E-state index in [0.29, 0.717) is 11.5 Å². The molecule has 22 heavy (non-hydrogen) atoms. The number of carboxylic acid groups (broad SMARTS) is 1. The van der Waals surface area contributed by atoms with Crippen molar-refractivity contribution in [2.75, 3.05) is 12.4 Å². The van der Waals surface area contributed by atoms with Gasteiger partial charge in [-0.2, -0.15) is 0 Å². The molecule has 0 radical (unpaired) electrons. The van der Waals surface area contributed by atoms with Crippen LogP contribution in [0.25, 0.3) is 0 Å². The molecule has 1 heterocycles. The first-order valence-corrected chi connectivity index (χ1v) is 8.19. The van der Waals surface area contributed by atoms with Gasteiger partial charge in [0.25, 0.3) is 5.91 Å². The van der Waals surface area contributed by atoms with Crippen LogP contribution in [0.1, 0.15) is 20.8 Å². The number of amides is 1. The average Bonchev–Trinajstić information content (AvgIpc) is 2.91. The molecule has 0 saturated carbocycles. The second-order valence-corrected chi connectivity index (χ2v) is 7.42. The van der Waals surface area contributed by atoms with Crippen molar-refractivity contribution in [2.24, 2.45) is 5.41 Å². The van der Waals surface area contributed by atoms with Gasteiger partial charge in [-0.15, -0.1) is 11.8 Å². The smallest absolute Gasteiger partial charge is 0.327 e. The van der Waals surface area contributed by atoms with Crippen molar-refractivity contribution in [3.8, 4) is 5.75 Å². The Morgan fingerprint density at radius 2 is 1.95 bits per heavy atom. The minimum absolute atomic E-state index is 0.152. The van der Waals surface area contributed by atoms with Gasteiger partial charge in [0.1, 0.15) is 11.8 Å². The number of hydrogen-bond donors (Lipinski definition) is 1. The monoisotopic (exact) mass is 323 g/mol. The molecular formula is C16H21NO4S. The van der Waals surface area contributed by atoms with E-state index in [0.717, 1.165) is 0 Å². The lowest BCUT2D eigenvalue weighted by molar-refractivity contribution is -0.151. The first kappa shape index (κ1) is 16.7. The second kappa shape index (κ2) is 6.60. The van der Waals surface area contributed by atoms with Crippen LogP contribution >= 0.6 is 11.8 Å². The fraction of sp³-hybridized carbons (Fsp3) is 0.500. The molecule has 0 bridgehead atoms. The Labute approximate surface area is 134 Å². The molecule has 1 aliphatic heterocycles. The van der Waals surface area contributed by atoms with Crippen LogP contribution in [0.5, 0.6) is 5.75 Å². The standard InChI is InChI=1S/C16H21NO4S/c1-16(2,3)15-17(12(10-22-15)14(19)20)13(18)9-21-11-7-5-4-6-8-11/h4-8,12,15H,9-10H2,1-3H3,(H,19,20). The molecule has 1 amide bonds. The van der Waals surface area contributed by atoms with Crippen LogP contribution in [0.4, 0.5) is 0 Å². The molecule has 0 aliphatic carbocycles. The SMILES string of the molecule is CC(C)(C)C1SCC(C(=O)O)N1C(=O)COc1ccccc1. The summed E-state index contributed by atoms with van der Waals surface area (Å²) in [4.78, 5) is 25.4. The predicted octanol–water partition coefficient (Wildman–Crippen LogP) is 2.47. The van der Waals surface area contributed by atoms with Gasteiger partial charge in [0, 0.05) is 5.75 Å². The van der Waals surface area contributed by atoms with E-state index in [1.54, 1.807) is 12.1 Å². The van der Waals surface area contributed by atoms with Gasteiger partial charge in [0.2, 0.25) is 0 Å². The van der Waals surface area contributed by atoms with E-state index in [1.165, 1.54) is 16.7 Å². The molecule has 2 atom stereocenters. The Kier molecular flexibility index (Phi) is 5.01. The topological polar surface area (TPSA) is 66.8 Å². The summed E-state index contributed by atoms with van der Waals surface area (Å²) in [5.41, 5.74) is -0.197. The van der Waals surface area contributed by atoms with Crippen LogP contribution in [0.15, 0.2) is 30.3 Å². The van der Waals surface area contributed by atoms with Gasteiger partial charge in [-0.1, -0.05) is 39.0 Å². The van der Waals surface area contributed by atoms with Gasteiger partial charge in [-0.05, 0) is 17.5 Å². The predicted molar refractivity (Wildman–Crippen MR) is 85.9 cm³/mol. The number of carboxylic acids is 1. The van der Waals surface area contributed by atoms with Gasteiger partial charge >= 0.3 is 5.97 Å². The minimum atomic E-state index is -0.965. The summed E-state index contributed by atoms with van der Waals surface area (Å²) >= 11 is 1.51. The molecule has 1 aromatic carbocycles. The van der Waals surface area contributed by atoms with E-state index in [9.17, 15) is 14.7 Å². The zero-order valence-corrected chi connectivity index (χ0v) is 13.8. The summed E-state index contributed by atoms with van der Waals surface area (Å²) < 4.78 is 5.48. The molecule has 120 valence electrons. The summed E-state index contributed by atoms with van der Waals surface area (Å²) in [6, 6.07) is 8.25. The third-order valence-corrected chi connectivity index (χ3v) is 5.18. The first-order valence-electron chi connectivity index (χ1n) is 7.14. The van der Waals surface area contributed by atoms with Gasteiger partial charge in [0.15, 0.2) is 6.61 Å². The molecule has 2 rings (SSSR count). The van der Waals surface area contributed by atoms with Crippen molar-refractivity contribution in [2.45, 2.75) is 32.2 Å². The molecule has 0 aromatic heterocycles. The van der Waals surface area contributed by atoms with E-state index in [1.807, 2.05) is 39.0 Å². The maximum absolute atomic E-state index is 12.5. The highest BCUT2D eigenvalue weighted by molar-refractivity contribution is 8.00. The van der Waals surface area contributed by atoms with Crippen molar-refractivity contribution in [1.29, 1.82) is 0 Å². The van der Waals surface area contributed by atoms with Crippen molar-refractivity contribution in [3.05, 3.63) is 30.3 Å². The fourth-order valence-electron chi connectivity index (χ4n) is 2.40. The van der Waals surface area contributed by atoms with Crippen LogP contribution in [0.3, 0.4) is 0 Å². The van der Waals surface area contributed by atoms with Crippen LogP contribution < -0.4 is 4.74 Å². The number of carbonyl (C=O) groups is 2. The van der Waals surface area contributed by atoms with E-state index < -0.39 is 12.0 Å². The van der Waals surface area contributed by atoms with Gasteiger partial charge in [0.05, 0.1) is 5.37 Å². The summed E-state index contributed by atoms with van der Waals surface area (Å²) in [7, 11) is 0.